The molecular formula is C13H16N2O2. The summed E-state index contributed by atoms with van der Waals surface area (Å²) in [5.41, 5.74) is 2.97. The Morgan fingerprint density at radius 2 is 1.88 bits per heavy atom. The normalized spacial score (nSPS) is 10.8. The van der Waals surface area contributed by atoms with Crippen LogP contribution in [0.2, 0.25) is 0 Å². The van der Waals surface area contributed by atoms with Crippen LogP contribution in [-0.2, 0) is 6.54 Å². The quantitative estimate of drug-likeness (QED) is 0.849. The molecule has 90 valence electrons. The van der Waals surface area contributed by atoms with E-state index in [1.807, 2.05) is 24.6 Å². The first-order chi connectivity index (χ1) is 8.13. The predicted molar refractivity (Wildman–Crippen MR) is 65.9 cm³/mol. The van der Waals surface area contributed by atoms with E-state index >= 15 is 0 Å². The molecule has 0 fully saturated rings. The first-order valence-electron chi connectivity index (χ1n) is 5.56. The molecular weight excluding hydrogens is 216 g/mol. The fraction of sp³-hybridized carbons (Fsp3) is 0.308. The molecule has 1 heterocycles. The van der Waals surface area contributed by atoms with E-state index in [2.05, 4.69) is 4.98 Å². The molecule has 17 heavy (non-hydrogen) atoms. The molecule has 0 amide bonds. The maximum absolute atomic E-state index is 9.52. The van der Waals surface area contributed by atoms with Crippen LogP contribution in [0.4, 0.5) is 0 Å². The average molecular weight is 232 g/mol. The molecule has 0 unspecified atom stereocenters. The summed E-state index contributed by atoms with van der Waals surface area (Å²) in [6, 6.07) is 3.45. The Labute approximate surface area is 100 Å². The third-order valence-corrected chi connectivity index (χ3v) is 2.80. The first-order valence-corrected chi connectivity index (χ1v) is 5.56. The van der Waals surface area contributed by atoms with Gasteiger partial charge in [-0.1, -0.05) is 0 Å². The smallest absolute Gasteiger partial charge is 0.140 e. The predicted octanol–water partition coefficient (Wildman–Crippen LogP) is 1.86. The lowest BCUT2D eigenvalue weighted by molar-refractivity contribution is 0.276. The molecule has 0 saturated carbocycles. The summed E-state index contributed by atoms with van der Waals surface area (Å²) in [4.78, 5) is 4.33. The molecule has 2 rings (SSSR count). The molecule has 0 spiro atoms. The summed E-state index contributed by atoms with van der Waals surface area (Å²) in [5.74, 6) is 1.10. The fourth-order valence-electron chi connectivity index (χ4n) is 2.12. The minimum Gasteiger partial charge on any atom is -0.508 e. The highest BCUT2D eigenvalue weighted by atomic mass is 16.3. The van der Waals surface area contributed by atoms with Crippen molar-refractivity contribution in [3.8, 4) is 17.1 Å². The third kappa shape index (κ3) is 2.17. The Morgan fingerprint density at radius 3 is 2.47 bits per heavy atom. The van der Waals surface area contributed by atoms with E-state index in [4.69, 9.17) is 5.11 Å². The zero-order chi connectivity index (χ0) is 12.4. The standard InChI is InChI=1S/C13H16N2O2/c1-9-7-11(17)8-10(2)12(9)13-14-3-4-15(13)5-6-16/h3-4,7-8,16-17H,5-6H2,1-2H3. The van der Waals surface area contributed by atoms with Gasteiger partial charge in [0.25, 0.3) is 0 Å². The zero-order valence-corrected chi connectivity index (χ0v) is 10.0. The summed E-state index contributed by atoms with van der Waals surface area (Å²) in [6.45, 7) is 4.49. The van der Waals surface area contributed by atoms with Crippen LogP contribution in [0.3, 0.4) is 0 Å². The van der Waals surface area contributed by atoms with Gasteiger partial charge in [0, 0.05) is 24.5 Å². The van der Waals surface area contributed by atoms with Crippen molar-refractivity contribution in [1.82, 2.24) is 9.55 Å². The van der Waals surface area contributed by atoms with E-state index < -0.39 is 0 Å². The summed E-state index contributed by atoms with van der Waals surface area (Å²) in [5, 5.41) is 18.5. The van der Waals surface area contributed by atoms with Gasteiger partial charge >= 0.3 is 0 Å². The van der Waals surface area contributed by atoms with Gasteiger partial charge in [0.05, 0.1) is 6.61 Å². The van der Waals surface area contributed by atoms with Gasteiger partial charge in [-0.25, -0.2) is 4.98 Å². The Kier molecular flexibility index (Phi) is 3.15. The van der Waals surface area contributed by atoms with Crippen molar-refractivity contribution in [3.63, 3.8) is 0 Å². The molecule has 0 atom stereocenters. The molecule has 0 saturated heterocycles. The van der Waals surface area contributed by atoms with Crippen molar-refractivity contribution < 1.29 is 10.2 Å². The van der Waals surface area contributed by atoms with Gasteiger partial charge in [0.15, 0.2) is 0 Å². The van der Waals surface area contributed by atoms with E-state index in [9.17, 15) is 5.11 Å². The highest BCUT2D eigenvalue weighted by molar-refractivity contribution is 5.66. The van der Waals surface area contributed by atoms with Crippen molar-refractivity contribution in [1.29, 1.82) is 0 Å². The lowest BCUT2D eigenvalue weighted by Gasteiger charge is -2.12. The molecule has 4 nitrogen and oxygen atoms in total. The van der Waals surface area contributed by atoms with E-state index in [0.717, 1.165) is 22.5 Å². The number of hydrogen-bond acceptors (Lipinski definition) is 3. The fourth-order valence-corrected chi connectivity index (χ4v) is 2.12. The molecule has 0 aliphatic heterocycles. The van der Waals surface area contributed by atoms with E-state index in [-0.39, 0.29) is 12.4 Å². The van der Waals surface area contributed by atoms with Crippen molar-refractivity contribution in [3.05, 3.63) is 35.7 Å². The average Bonchev–Trinajstić information content (AvgIpc) is 2.65. The summed E-state index contributed by atoms with van der Waals surface area (Å²) in [6.07, 6.45) is 3.56. The van der Waals surface area contributed by atoms with Gasteiger partial charge < -0.3 is 14.8 Å². The number of benzene rings is 1. The third-order valence-electron chi connectivity index (χ3n) is 2.80. The van der Waals surface area contributed by atoms with E-state index in [0.29, 0.717) is 6.54 Å². The Balaban J connectivity index is 2.56. The number of aromatic nitrogens is 2. The van der Waals surface area contributed by atoms with Crippen molar-refractivity contribution in [2.24, 2.45) is 0 Å². The van der Waals surface area contributed by atoms with Crippen LogP contribution < -0.4 is 0 Å². The molecule has 0 bridgehead atoms. The van der Waals surface area contributed by atoms with E-state index in [1.165, 1.54) is 0 Å². The molecule has 1 aromatic carbocycles. The van der Waals surface area contributed by atoms with Crippen LogP contribution in [0.25, 0.3) is 11.4 Å². The van der Waals surface area contributed by atoms with Gasteiger partial charge in [-0.3, -0.25) is 0 Å². The molecule has 4 heteroatoms. The zero-order valence-electron chi connectivity index (χ0n) is 10.0. The molecule has 1 aromatic heterocycles. The maximum atomic E-state index is 9.52. The largest absolute Gasteiger partial charge is 0.508 e. The van der Waals surface area contributed by atoms with Crippen LogP contribution >= 0.6 is 0 Å². The number of phenolic OH excluding ortho intramolecular Hbond substituents is 1. The lowest BCUT2D eigenvalue weighted by Crippen LogP contribution is -2.04. The minimum atomic E-state index is 0.0829. The van der Waals surface area contributed by atoms with Gasteiger partial charge in [0.1, 0.15) is 11.6 Å². The van der Waals surface area contributed by atoms with Crippen LogP contribution in [-0.4, -0.2) is 26.4 Å². The number of aliphatic hydroxyl groups excluding tert-OH is 1. The van der Waals surface area contributed by atoms with Gasteiger partial charge in [0.2, 0.25) is 0 Å². The van der Waals surface area contributed by atoms with Gasteiger partial charge in [-0.2, -0.15) is 0 Å². The Bertz CT molecular complexity index is 509. The second kappa shape index (κ2) is 4.59. The number of phenols is 1. The molecule has 0 aliphatic rings. The van der Waals surface area contributed by atoms with Crippen molar-refractivity contribution in [2.75, 3.05) is 6.61 Å². The monoisotopic (exact) mass is 232 g/mol. The number of imidazole rings is 1. The lowest BCUT2D eigenvalue weighted by atomic mass is 10.0. The molecule has 2 N–H and O–H groups in total. The number of hydrogen-bond donors (Lipinski definition) is 2. The number of aromatic hydroxyl groups is 1. The van der Waals surface area contributed by atoms with Gasteiger partial charge in [-0.15, -0.1) is 0 Å². The summed E-state index contributed by atoms with van der Waals surface area (Å²) >= 11 is 0. The number of aryl methyl sites for hydroxylation is 2. The summed E-state index contributed by atoms with van der Waals surface area (Å²) in [7, 11) is 0. The summed E-state index contributed by atoms with van der Waals surface area (Å²) < 4.78 is 1.91. The second-order valence-corrected chi connectivity index (χ2v) is 4.12. The van der Waals surface area contributed by atoms with Crippen LogP contribution in [0.15, 0.2) is 24.5 Å². The first kappa shape index (κ1) is 11.7. The SMILES string of the molecule is Cc1cc(O)cc(C)c1-c1nccn1CCO. The highest BCUT2D eigenvalue weighted by Gasteiger charge is 2.12. The second-order valence-electron chi connectivity index (χ2n) is 4.12. The Hall–Kier alpha value is -1.81. The van der Waals surface area contributed by atoms with Crippen LogP contribution in [0.5, 0.6) is 5.75 Å². The number of rotatable bonds is 3. The van der Waals surface area contributed by atoms with Crippen molar-refractivity contribution >= 4 is 0 Å². The minimum absolute atomic E-state index is 0.0829. The number of nitrogens with zero attached hydrogens (tertiary/aromatic N) is 2. The Morgan fingerprint density at radius 1 is 1.24 bits per heavy atom. The number of aliphatic hydroxyl groups is 1. The maximum Gasteiger partial charge on any atom is 0.140 e. The topological polar surface area (TPSA) is 58.3 Å². The van der Waals surface area contributed by atoms with Crippen LogP contribution in [0, 0.1) is 13.8 Å². The van der Waals surface area contributed by atoms with Crippen LogP contribution in [0.1, 0.15) is 11.1 Å². The molecule has 0 aliphatic carbocycles. The molecule has 0 radical (unpaired) electrons. The van der Waals surface area contributed by atoms with Crippen molar-refractivity contribution in [2.45, 2.75) is 20.4 Å². The highest BCUT2D eigenvalue weighted by Crippen LogP contribution is 2.29. The van der Waals surface area contributed by atoms with E-state index in [1.54, 1.807) is 18.3 Å². The van der Waals surface area contributed by atoms with Gasteiger partial charge in [-0.05, 0) is 37.1 Å². The molecule has 2 aromatic rings.